The number of ketones is 1. The third-order valence-corrected chi connectivity index (χ3v) is 2.29. The smallest absolute Gasteiger partial charge is 0.162 e. The molecule has 1 aromatic carbocycles. The molecule has 0 spiro atoms. The molecule has 0 N–H and O–H groups in total. The molecule has 0 atom stereocenters. The molecule has 0 unspecified atom stereocenters. The van der Waals surface area contributed by atoms with E-state index in [1.165, 1.54) is 5.56 Å². The zero-order valence-electron chi connectivity index (χ0n) is 10.2. The summed E-state index contributed by atoms with van der Waals surface area (Å²) >= 11 is 0. The van der Waals surface area contributed by atoms with Crippen LogP contribution in [0.3, 0.4) is 0 Å². The van der Waals surface area contributed by atoms with Gasteiger partial charge in [-0.1, -0.05) is 44.5 Å². The molecule has 0 aliphatic rings. The fraction of sp³-hybridized carbons (Fsp3) is 0.429. The van der Waals surface area contributed by atoms with Crippen LogP contribution in [0.15, 0.2) is 24.3 Å². The molecule has 1 rings (SSSR count). The van der Waals surface area contributed by atoms with Gasteiger partial charge < -0.3 is 4.79 Å². The average molecular weight is 220 g/mol. The molecule has 0 amide bonds. The second kappa shape index (κ2) is 8.84. The van der Waals surface area contributed by atoms with Crippen LogP contribution in [0.4, 0.5) is 0 Å². The van der Waals surface area contributed by atoms with Crippen molar-refractivity contribution < 1.29 is 9.59 Å². The van der Waals surface area contributed by atoms with Gasteiger partial charge >= 0.3 is 0 Å². The number of rotatable bonds is 5. The first-order valence-electron chi connectivity index (χ1n) is 5.69. The monoisotopic (exact) mass is 220 g/mol. The van der Waals surface area contributed by atoms with Crippen LogP contribution < -0.4 is 0 Å². The van der Waals surface area contributed by atoms with E-state index in [1.54, 1.807) is 0 Å². The highest BCUT2D eigenvalue weighted by Gasteiger charge is 2.03. The van der Waals surface area contributed by atoms with Gasteiger partial charge in [0.15, 0.2) is 5.78 Å². The van der Waals surface area contributed by atoms with Crippen LogP contribution in [0.5, 0.6) is 0 Å². The van der Waals surface area contributed by atoms with Crippen LogP contribution in [0, 0.1) is 0 Å². The summed E-state index contributed by atoms with van der Waals surface area (Å²) in [6.07, 6.45) is 3.84. The Hall–Kier alpha value is -1.44. The van der Waals surface area contributed by atoms with E-state index >= 15 is 0 Å². The molecule has 0 radical (unpaired) electrons. The molecule has 0 heterocycles. The van der Waals surface area contributed by atoms with E-state index in [1.807, 2.05) is 25.8 Å². The molecule has 0 saturated heterocycles. The van der Waals surface area contributed by atoms with Crippen molar-refractivity contribution >= 4 is 12.6 Å². The van der Waals surface area contributed by atoms with E-state index in [9.17, 15) is 4.79 Å². The summed E-state index contributed by atoms with van der Waals surface area (Å²) in [5, 5.41) is 0. The summed E-state index contributed by atoms with van der Waals surface area (Å²) in [4.78, 5) is 19.5. The van der Waals surface area contributed by atoms with Gasteiger partial charge in [-0.3, -0.25) is 4.79 Å². The van der Waals surface area contributed by atoms with Gasteiger partial charge in [-0.2, -0.15) is 0 Å². The minimum atomic E-state index is 0.260. The number of Topliss-reactive ketones (excluding diaryl/α,β-unsaturated/α-hetero) is 1. The summed E-state index contributed by atoms with van der Waals surface area (Å²) in [6, 6.07) is 8.02. The number of hydrogen-bond donors (Lipinski definition) is 0. The largest absolute Gasteiger partial charge is 0.307 e. The molecule has 1 aromatic rings. The molecule has 0 saturated carbocycles. The van der Waals surface area contributed by atoms with Crippen LogP contribution in [0.1, 0.15) is 49.0 Å². The van der Waals surface area contributed by atoms with Crippen molar-refractivity contribution in [2.45, 2.75) is 39.5 Å². The van der Waals surface area contributed by atoms with Gasteiger partial charge in [0.05, 0.1) is 0 Å². The van der Waals surface area contributed by atoms with Crippen LogP contribution in [0.25, 0.3) is 0 Å². The Balaban J connectivity index is 0.00000106. The zero-order chi connectivity index (χ0) is 12.4. The Morgan fingerprint density at radius 3 is 2.06 bits per heavy atom. The lowest BCUT2D eigenvalue weighted by molar-refractivity contribution is -0.0979. The van der Waals surface area contributed by atoms with Crippen molar-refractivity contribution in [3.63, 3.8) is 0 Å². The predicted octanol–water partition coefficient (Wildman–Crippen LogP) is 3.44. The third kappa shape index (κ3) is 4.87. The first-order chi connectivity index (χ1) is 7.77. The highest BCUT2D eigenvalue weighted by atomic mass is 16.1. The van der Waals surface area contributed by atoms with E-state index in [-0.39, 0.29) is 5.78 Å². The van der Waals surface area contributed by atoms with Crippen LogP contribution >= 0.6 is 0 Å². The Morgan fingerprint density at radius 1 is 1.06 bits per heavy atom. The van der Waals surface area contributed by atoms with Gasteiger partial charge in [-0.15, -0.1) is 0 Å². The maximum Gasteiger partial charge on any atom is 0.162 e. The van der Waals surface area contributed by atoms with E-state index in [4.69, 9.17) is 4.79 Å². The molecule has 88 valence electrons. The van der Waals surface area contributed by atoms with Crippen LogP contribution in [0.2, 0.25) is 0 Å². The normalized spacial score (nSPS) is 9.12. The fourth-order valence-corrected chi connectivity index (χ4v) is 1.52. The Labute approximate surface area is 97.7 Å². The Kier molecular flexibility index (Phi) is 8.04. The molecule has 0 aliphatic heterocycles. The quantitative estimate of drug-likeness (QED) is 0.712. The second-order valence-electron chi connectivity index (χ2n) is 3.62. The van der Waals surface area contributed by atoms with Gasteiger partial charge in [-0.25, -0.2) is 0 Å². The van der Waals surface area contributed by atoms with Gasteiger partial charge in [-0.05, 0) is 18.4 Å². The van der Waals surface area contributed by atoms with E-state index in [0.29, 0.717) is 6.42 Å². The Bertz CT molecular complexity index is 301. The molecule has 0 aliphatic carbocycles. The predicted molar refractivity (Wildman–Crippen MR) is 66.8 cm³/mol. The maximum absolute atomic E-state index is 11.5. The van der Waals surface area contributed by atoms with Crippen molar-refractivity contribution in [2.24, 2.45) is 0 Å². The van der Waals surface area contributed by atoms with Crippen molar-refractivity contribution in [3.05, 3.63) is 35.4 Å². The second-order valence-corrected chi connectivity index (χ2v) is 3.62. The van der Waals surface area contributed by atoms with E-state index < -0.39 is 0 Å². The minimum absolute atomic E-state index is 0.260. The summed E-state index contributed by atoms with van der Waals surface area (Å²) in [7, 11) is 0. The lowest BCUT2D eigenvalue weighted by Gasteiger charge is -2.01. The molecule has 0 fully saturated rings. The van der Waals surface area contributed by atoms with Gasteiger partial charge in [0, 0.05) is 12.0 Å². The number of carbonyl (C=O) groups is 2. The summed E-state index contributed by atoms with van der Waals surface area (Å²) in [5.41, 5.74) is 2.17. The van der Waals surface area contributed by atoms with Crippen LogP contribution in [-0.4, -0.2) is 12.6 Å². The van der Waals surface area contributed by atoms with Gasteiger partial charge in [0.1, 0.15) is 6.79 Å². The molecular formula is C14H20O2. The van der Waals surface area contributed by atoms with Gasteiger partial charge in [0.2, 0.25) is 0 Å². The van der Waals surface area contributed by atoms with Gasteiger partial charge in [0.25, 0.3) is 0 Å². The van der Waals surface area contributed by atoms with E-state index in [2.05, 4.69) is 19.1 Å². The number of hydrogen-bond acceptors (Lipinski definition) is 2. The minimum Gasteiger partial charge on any atom is -0.307 e. The molecule has 2 heteroatoms. The van der Waals surface area contributed by atoms with Crippen molar-refractivity contribution in [1.29, 1.82) is 0 Å². The highest BCUT2D eigenvalue weighted by Crippen LogP contribution is 2.09. The van der Waals surface area contributed by atoms with Crippen molar-refractivity contribution in [2.75, 3.05) is 0 Å². The average Bonchev–Trinajstić information content (AvgIpc) is 2.33. The number of benzene rings is 1. The lowest BCUT2D eigenvalue weighted by Crippen LogP contribution is -1.97. The SMILES string of the molecule is C=O.CCCC(=O)c1ccc(CCC)cc1. The highest BCUT2D eigenvalue weighted by molar-refractivity contribution is 5.95. The first kappa shape index (κ1) is 14.6. The maximum atomic E-state index is 11.5. The lowest BCUT2D eigenvalue weighted by atomic mass is 10.0. The summed E-state index contributed by atoms with van der Waals surface area (Å²) in [5.74, 6) is 0.260. The standard InChI is InChI=1S/C13H18O.CH2O/c1-3-5-11-7-9-12(10-8-11)13(14)6-4-2;1-2/h7-10H,3-6H2,1-2H3;1H2. The fourth-order valence-electron chi connectivity index (χ4n) is 1.52. The molecular weight excluding hydrogens is 200 g/mol. The summed E-state index contributed by atoms with van der Waals surface area (Å²) in [6.45, 7) is 6.19. The van der Waals surface area contributed by atoms with Crippen molar-refractivity contribution in [3.8, 4) is 0 Å². The molecule has 2 nitrogen and oxygen atoms in total. The first-order valence-corrected chi connectivity index (χ1v) is 5.69. The Morgan fingerprint density at radius 2 is 1.62 bits per heavy atom. The topological polar surface area (TPSA) is 34.1 Å². The molecule has 0 bridgehead atoms. The third-order valence-electron chi connectivity index (χ3n) is 2.29. The molecule has 16 heavy (non-hydrogen) atoms. The zero-order valence-corrected chi connectivity index (χ0v) is 10.2. The number of carbonyl (C=O) groups excluding carboxylic acids is 2. The van der Waals surface area contributed by atoms with E-state index in [0.717, 1.165) is 24.8 Å². The summed E-state index contributed by atoms with van der Waals surface area (Å²) < 4.78 is 0. The number of aryl methyl sites for hydroxylation is 1. The van der Waals surface area contributed by atoms with Crippen LogP contribution in [-0.2, 0) is 11.2 Å². The molecule has 0 aromatic heterocycles. The van der Waals surface area contributed by atoms with Crippen molar-refractivity contribution in [1.82, 2.24) is 0 Å².